The van der Waals surface area contributed by atoms with E-state index in [1.807, 2.05) is 36.9 Å². The molecule has 1 aliphatic rings. The number of hydrogen-bond acceptors (Lipinski definition) is 5. The fourth-order valence-corrected chi connectivity index (χ4v) is 5.37. The summed E-state index contributed by atoms with van der Waals surface area (Å²) >= 11 is 3.35. The molecule has 3 aromatic rings. The number of nitrogens with zero attached hydrogens (tertiary/aromatic N) is 3. The van der Waals surface area contributed by atoms with E-state index in [2.05, 4.69) is 11.1 Å². The second-order valence-corrected chi connectivity index (χ2v) is 8.53. The zero-order chi connectivity index (χ0) is 16.7. The number of hydrogen-bond donors (Lipinski definition) is 0. The molecule has 124 valence electrons. The molecule has 1 unspecified atom stereocenters. The summed E-state index contributed by atoms with van der Waals surface area (Å²) in [7, 11) is 0. The molecule has 0 saturated carbocycles. The van der Waals surface area contributed by atoms with Crippen LogP contribution in [0.1, 0.15) is 39.5 Å². The molecule has 0 radical (unpaired) electrons. The van der Waals surface area contributed by atoms with Gasteiger partial charge in [-0.1, -0.05) is 12.1 Å². The number of rotatable bonds is 3. The van der Waals surface area contributed by atoms with Crippen molar-refractivity contribution in [3.05, 3.63) is 44.9 Å². The van der Waals surface area contributed by atoms with Crippen LogP contribution in [-0.4, -0.2) is 27.3 Å². The predicted molar refractivity (Wildman–Crippen MR) is 98.6 cm³/mol. The minimum absolute atomic E-state index is 0.129. The summed E-state index contributed by atoms with van der Waals surface area (Å²) in [5.74, 6) is 0.198. The van der Waals surface area contributed by atoms with Crippen LogP contribution in [0.25, 0.3) is 10.2 Å². The second-order valence-electron chi connectivity index (χ2n) is 6.18. The first-order valence-electron chi connectivity index (χ1n) is 8.19. The molecule has 1 atom stereocenters. The topological polar surface area (TPSA) is 46.1 Å². The van der Waals surface area contributed by atoms with Crippen molar-refractivity contribution in [3.63, 3.8) is 0 Å². The third-order valence-electron chi connectivity index (χ3n) is 4.48. The molecule has 0 N–H and O–H groups in total. The van der Waals surface area contributed by atoms with E-state index in [0.29, 0.717) is 6.42 Å². The maximum Gasteiger partial charge on any atom is 0.228 e. The van der Waals surface area contributed by atoms with Gasteiger partial charge in [-0.3, -0.25) is 4.79 Å². The van der Waals surface area contributed by atoms with E-state index in [4.69, 9.17) is 4.98 Å². The number of aryl methyl sites for hydroxylation is 2. The van der Waals surface area contributed by atoms with Gasteiger partial charge in [0.15, 0.2) is 0 Å². The van der Waals surface area contributed by atoms with Crippen LogP contribution in [0.4, 0.5) is 0 Å². The van der Waals surface area contributed by atoms with E-state index in [9.17, 15) is 4.79 Å². The first kappa shape index (κ1) is 15.7. The minimum Gasteiger partial charge on any atom is -0.333 e. The lowest BCUT2D eigenvalue weighted by molar-refractivity contribution is -0.131. The van der Waals surface area contributed by atoms with Gasteiger partial charge < -0.3 is 4.90 Å². The van der Waals surface area contributed by atoms with Crippen molar-refractivity contribution in [1.82, 2.24) is 14.9 Å². The summed E-state index contributed by atoms with van der Waals surface area (Å²) < 4.78 is 1.20. The zero-order valence-corrected chi connectivity index (χ0v) is 15.4. The molecular formula is C18H19N3OS2. The van der Waals surface area contributed by atoms with Crippen molar-refractivity contribution in [2.24, 2.45) is 0 Å². The van der Waals surface area contributed by atoms with Gasteiger partial charge in [-0.15, -0.1) is 22.7 Å². The van der Waals surface area contributed by atoms with Crippen LogP contribution in [0.3, 0.4) is 0 Å². The first-order valence-corrected chi connectivity index (χ1v) is 9.83. The highest BCUT2D eigenvalue weighted by molar-refractivity contribution is 7.18. The van der Waals surface area contributed by atoms with Crippen LogP contribution < -0.4 is 0 Å². The number of para-hydroxylation sites is 1. The van der Waals surface area contributed by atoms with Crippen LogP contribution in [0.15, 0.2) is 24.3 Å². The summed E-state index contributed by atoms with van der Waals surface area (Å²) in [6.45, 7) is 4.81. The number of likely N-dealkylation sites (tertiary alicyclic amines) is 1. The number of carbonyl (C=O) groups excluding carboxylic acids is 1. The number of fused-ring (bicyclic) bond motifs is 1. The maximum atomic E-state index is 12.9. The number of amides is 1. The van der Waals surface area contributed by atoms with Crippen LogP contribution in [0.5, 0.6) is 0 Å². The van der Waals surface area contributed by atoms with Crippen LogP contribution in [0.2, 0.25) is 0 Å². The molecule has 3 heterocycles. The highest BCUT2D eigenvalue weighted by Gasteiger charge is 2.32. The number of benzene rings is 1. The molecule has 24 heavy (non-hydrogen) atoms. The molecule has 0 aliphatic carbocycles. The van der Waals surface area contributed by atoms with Crippen molar-refractivity contribution in [2.75, 3.05) is 6.54 Å². The van der Waals surface area contributed by atoms with Gasteiger partial charge >= 0.3 is 0 Å². The first-order chi connectivity index (χ1) is 11.6. The molecular weight excluding hydrogens is 338 g/mol. The molecule has 1 aromatic carbocycles. The lowest BCUT2D eigenvalue weighted by atomic mass is 10.2. The molecule has 2 aromatic heterocycles. The van der Waals surface area contributed by atoms with E-state index in [1.165, 1.54) is 4.70 Å². The highest BCUT2D eigenvalue weighted by Crippen LogP contribution is 2.37. The Bertz CT molecular complexity index is 866. The molecule has 1 saturated heterocycles. The third-order valence-corrected chi connectivity index (χ3v) is 6.69. The van der Waals surface area contributed by atoms with Gasteiger partial charge in [0.25, 0.3) is 0 Å². The largest absolute Gasteiger partial charge is 0.333 e. The minimum atomic E-state index is 0.129. The van der Waals surface area contributed by atoms with Crippen LogP contribution in [0, 0.1) is 13.8 Å². The summed E-state index contributed by atoms with van der Waals surface area (Å²) in [6.07, 6.45) is 2.51. The summed E-state index contributed by atoms with van der Waals surface area (Å²) in [5.41, 5.74) is 2.02. The van der Waals surface area contributed by atoms with Crippen molar-refractivity contribution in [3.8, 4) is 0 Å². The summed E-state index contributed by atoms with van der Waals surface area (Å²) in [5, 5.41) is 2.10. The van der Waals surface area contributed by atoms with Crippen LogP contribution in [-0.2, 0) is 11.2 Å². The quantitative estimate of drug-likeness (QED) is 0.703. The SMILES string of the molecule is Cc1nc(C)c(CC(=O)N2CCCC2c2nc3ccccc3s2)s1. The van der Waals surface area contributed by atoms with E-state index in [0.717, 1.165) is 45.5 Å². The van der Waals surface area contributed by atoms with E-state index in [1.54, 1.807) is 22.7 Å². The van der Waals surface area contributed by atoms with Crippen molar-refractivity contribution < 1.29 is 4.79 Å². The Hall–Kier alpha value is -1.79. The van der Waals surface area contributed by atoms with Gasteiger partial charge in [0.05, 0.1) is 33.4 Å². The Morgan fingerprint density at radius 1 is 1.25 bits per heavy atom. The van der Waals surface area contributed by atoms with E-state index >= 15 is 0 Å². The third kappa shape index (κ3) is 2.84. The fraction of sp³-hybridized carbons (Fsp3) is 0.389. The number of thiazole rings is 2. The van der Waals surface area contributed by atoms with Crippen molar-refractivity contribution in [1.29, 1.82) is 0 Å². The van der Waals surface area contributed by atoms with Crippen LogP contribution >= 0.6 is 22.7 Å². The lowest BCUT2D eigenvalue weighted by Gasteiger charge is -2.23. The monoisotopic (exact) mass is 357 g/mol. The molecule has 4 rings (SSSR count). The highest BCUT2D eigenvalue weighted by atomic mass is 32.1. The van der Waals surface area contributed by atoms with Gasteiger partial charge in [0, 0.05) is 11.4 Å². The van der Waals surface area contributed by atoms with E-state index in [-0.39, 0.29) is 11.9 Å². The fourth-order valence-electron chi connectivity index (χ4n) is 3.33. The molecule has 4 nitrogen and oxygen atoms in total. The average molecular weight is 358 g/mol. The van der Waals surface area contributed by atoms with Gasteiger partial charge in [-0.25, -0.2) is 9.97 Å². The Labute approximate surface area is 149 Å². The molecule has 0 spiro atoms. The molecule has 1 fully saturated rings. The predicted octanol–water partition coefficient (Wildman–Crippen LogP) is 4.28. The molecule has 6 heteroatoms. The molecule has 1 amide bonds. The Morgan fingerprint density at radius 3 is 2.83 bits per heavy atom. The van der Waals surface area contributed by atoms with Gasteiger partial charge in [-0.05, 0) is 38.8 Å². The zero-order valence-electron chi connectivity index (χ0n) is 13.8. The lowest BCUT2D eigenvalue weighted by Crippen LogP contribution is -2.31. The Kier molecular flexibility index (Phi) is 4.10. The average Bonchev–Trinajstić information content (AvgIpc) is 3.25. The second kappa shape index (κ2) is 6.26. The summed E-state index contributed by atoms with van der Waals surface area (Å²) in [6, 6.07) is 8.32. The van der Waals surface area contributed by atoms with Gasteiger partial charge in [0.2, 0.25) is 5.91 Å². The van der Waals surface area contributed by atoms with Crippen molar-refractivity contribution in [2.45, 2.75) is 39.2 Å². The Balaban J connectivity index is 1.57. The number of aromatic nitrogens is 2. The normalized spacial score (nSPS) is 17.8. The van der Waals surface area contributed by atoms with Gasteiger partial charge in [0.1, 0.15) is 5.01 Å². The molecule has 0 bridgehead atoms. The standard InChI is InChI=1S/C18H19N3OS2/c1-11-16(23-12(2)19-11)10-17(22)21-9-5-7-14(21)18-20-13-6-3-4-8-15(13)24-18/h3-4,6,8,14H,5,7,9-10H2,1-2H3. The smallest absolute Gasteiger partial charge is 0.228 e. The summed E-state index contributed by atoms with van der Waals surface area (Å²) in [4.78, 5) is 25.2. The van der Waals surface area contributed by atoms with Crippen molar-refractivity contribution >= 4 is 38.8 Å². The Morgan fingerprint density at radius 2 is 2.08 bits per heavy atom. The molecule has 1 aliphatic heterocycles. The maximum absolute atomic E-state index is 12.9. The van der Waals surface area contributed by atoms with Gasteiger partial charge in [-0.2, -0.15) is 0 Å². The number of carbonyl (C=O) groups is 1. The van der Waals surface area contributed by atoms with E-state index < -0.39 is 0 Å².